The van der Waals surface area contributed by atoms with Crippen molar-refractivity contribution in [3.05, 3.63) is 12.2 Å². The van der Waals surface area contributed by atoms with Gasteiger partial charge in [-0.1, -0.05) is 12.2 Å². The minimum atomic E-state index is -4.31. The fourth-order valence-electron chi connectivity index (χ4n) is 3.30. The Morgan fingerprint density at radius 2 is 2.17 bits per heavy atom. The predicted octanol–water partition coefficient (Wildman–Crippen LogP) is 1.65. The monoisotopic (exact) mass is 258 g/mol. The van der Waals surface area contributed by atoms with E-state index in [4.69, 9.17) is 0 Å². The molecular formula is C12H13F3N2O. The van der Waals surface area contributed by atoms with Crippen molar-refractivity contribution in [2.45, 2.75) is 18.6 Å². The van der Waals surface area contributed by atoms with Gasteiger partial charge in [-0.3, -0.25) is 9.79 Å². The highest BCUT2D eigenvalue weighted by atomic mass is 19.4. The third kappa shape index (κ3) is 1.58. The van der Waals surface area contributed by atoms with Crippen LogP contribution in [0.5, 0.6) is 0 Å². The van der Waals surface area contributed by atoms with Crippen LogP contribution in [-0.4, -0.2) is 42.3 Å². The van der Waals surface area contributed by atoms with Gasteiger partial charge >= 0.3 is 6.18 Å². The number of carbonyl (C=O) groups is 1. The summed E-state index contributed by atoms with van der Waals surface area (Å²) in [6.45, 7) is 0.761. The lowest BCUT2D eigenvalue weighted by Gasteiger charge is -2.31. The molecule has 0 aromatic rings. The molecule has 0 aromatic carbocycles. The smallest absolute Gasteiger partial charge is 0.332 e. The lowest BCUT2D eigenvalue weighted by Crippen LogP contribution is -2.41. The van der Waals surface area contributed by atoms with Crippen molar-refractivity contribution >= 4 is 12.1 Å². The van der Waals surface area contributed by atoms with E-state index < -0.39 is 18.0 Å². The molecule has 2 heterocycles. The van der Waals surface area contributed by atoms with Gasteiger partial charge in [-0.15, -0.1) is 0 Å². The summed E-state index contributed by atoms with van der Waals surface area (Å²) in [5, 5.41) is 0. The van der Waals surface area contributed by atoms with Crippen molar-refractivity contribution in [3.63, 3.8) is 0 Å². The Morgan fingerprint density at radius 1 is 1.39 bits per heavy atom. The van der Waals surface area contributed by atoms with Gasteiger partial charge in [-0.25, -0.2) is 0 Å². The number of rotatable bonds is 0. The number of carbonyl (C=O) groups excluding carboxylic acids is 1. The molecule has 3 rings (SSSR count). The van der Waals surface area contributed by atoms with E-state index in [2.05, 4.69) is 4.99 Å². The first-order valence-electron chi connectivity index (χ1n) is 6.02. The van der Waals surface area contributed by atoms with Crippen LogP contribution in [0.3, 0.4) is 0 Å². The van der Waals surface area contributed by atoms with Crippen LogP contribution >= 0.6 is 0 Å². The fraction of sp³-hybridized carbons (Fsp3) is 0.667. The molecule has 2 aliphatic heterocycles. The number of allylic oxidation sites excluding steroid dienone is 1. The van der Waals surface area contributed by atoms with Crippen LogP contribution in [0.2, 0.25) is 0 Å². The van der Waals surface area contributed by atoms with Crippen molar-refractivity contribution in [3.8, 4) is 0 Å². The summed E-state index contributed by atoms with van der Waals surface area (Å²) in [7, 11) is 0. The summed E-state index contributed by atoms with van der Waals surface area (Å²) in [5.41, 5.74) is 0. The molecule has 1 amide bonds. The Kier molecular flexibility index (Phi) is 2.50. The van der Waals surface area contributed by atoms with Crippen molar-refractivity contribution in [1.82, 2.24) is 4.90 Å². The van der Waals surface area contributed by atoms with Gasteiger partial charge in [0.05, 0.1) is 31.0 Å². The van der Waals surface area contributed by atoms with E-state index in [0.29, 0.717) is 13.1 Å². The Morgan fingerprint density at radius 3 is 2.89 bits per heavy atom. The van der Waals surface area contributed by atoms with Gasteiger partial charge in [0, 0.05) is 12.1 Å². The van der Waals surface area contributed by atoms with E-state index >= 15 is 0 Å². The Labute approximate surface area is 102 Å². The molecule has 0 aromatic heterocycles. The molecule has 0 radical (unpaired) electrons. The second-order valence-corrected chi connectivity index (χ2v) is 5.02. The first-order chi connectivity index (χ1) is 8.50. The topological polar surface area (TPSA) is 32.7 Å². The Hall–Kier alpha value is -1.33. The van der Waals surface area contributed by atoms with Crippen LogP contribution in [0.25, 0.3) is 0 Å². The highest BCUT2D eigenvalue weighted by Crippen LogP contribution is 2.47. The summed E-state index contributed by atoms with van der Waals surface area (Å²) >= 11 is 0. The average Bonchev–Trinajstić information content (AvgIpc) is 2.63. The summed E-state index contributed by atoms with van der Waals surface area (Å²) in [6.07, 6.45) is 0.555. The molecule has 18 heavy (non-hydrogen) atoms. The number of alkyl halides is 3. The minimum Gasteiger partial charge on any atom is -0.332 e. The molecule has 0 bridgehead atoms. The molecule has 3 nitrogen and oxygen atoms in total. The van der Waals surface area contributed by atoms with Crippen LogP contribution in [0.1, 0.15) is 6.42 Å². The second kappa shape index (κ2) is 3.83. The number of hydrogen-bond acceptors (Lipinski definition) is 2. The van der Waals surface area contributed by atoms with Crippen molar-refractivity contribution in [1.29, 1.82) is 0 Å². The highest BCUT2D eigenvalue weighted by molar-refractivity contribution is 5.86. The maximum Gasteiger partial charge on any atom is 0.392 e. The van der Waals surface area contributed by atoms with Crippen LogP contribution in [0.15, 0.2) is 17.1 Å². The largest absolute Gasteiger partial charge is 0.392 e. The molecule has 0 spiro atoms. The minimum absolute atomic E-state index is 0.0855. The van der Waals surface area contributed by atoms with Gasteiger partial charge in [0.25, 0.3) is 0 Å². The van der Waals surface area contributed by atoms with Gasteiger partial charge in [0.15, 0.2) is 0 Å². The van der Waals surface area contributed by atoms with Crippen molar-refractivity contribution in [2.24, 2.45) is 22.7 Å². The maximum absolute atomic E-state index is 13.0. The predicted molar refractivity (Wildman–Crippen MR) is 59.1 cm³/mol. The molecule has 1 saturated heterocycles. The van der Waals surface area contributed by atoms with Crippen LogP contribution in [-0.2, 0) is 4.79 Å². The van der Waals surface area contributed by atoms with Gasteiger partial charge in [0.1, 0.15) is 0 Å². The zero-order valence-corrected chi connectivity index (χ0v) is 9.60. The molecular weight excluding hydrogens is 245 g/mol. The lowest BCUT2D eigenvalue weighted by molar-refractivity contribution is -0.193. The molecule has 0 N–H and O–H groups in total. The van der Waals surface area contributed by atoms with Crippen LogP contribution in [0.4, 0.5) is 13.2 Å². The van der Waals surface area contributed by atoms with Gasteiger partial charge in [-0.05, 0) is 6.42 Å². The quantitative estimate of drug-likeness (QED) is 0.608. The second-order valence-electron chi connectivity index (χ2n) is 5.02. The summed E-state index contributed by atoms with van der Waals surface area (Å²) in [5.74, 6) is -3.18. The summed E-state index contributed by atoms with van der Waals surface area (Å²) in [4.78, 5) is 17.8. The summed E-state index contributed by atoms with van der Waals surface area (Å²) in [6, 6.07) is -0.186. The number of aliphatic imine (C=N–C) groups is 1. The lowest BCUT2D eigenvalue weighted by atomic mass is 9.75. The van der Waals surface area contributed by atoms with Crippen LogP contribution in [0, 0.1) is 17.8 Å². The average molecular weight is 258 g/mol. The van der Waals surface area contributed by atoms with Gasteiger partial charge < -0.3 is 4.90 Å². The third-order valence-electron chi connectivity index (χ3n) is 4.13. The molecule has 4 atom stereocenters. The number of nitrogens with zero attached hydrogens (tertiary/aromatic N) is 2. The zero-order valence-electron chi connectivity index (χ0n) is 9.60. The molecule has 3 aliphatic rings. The van der Waals surface area contributed by atoms with E-state index in [-0.39, 0.29) is 24.3 Å². The van der Waals surface area contributed by atoms with Gasteiger partial charge in [0.2, 0.25) is 5.91 Å². The standard InChI is InChI=1S/C12H13F3N2O/c13-12(14,15)8-3-1-2-7-9-6-16-4-5-17(9)11(18)10(7)8/h1-2,4,7-10H,3,5-6H2. The first kappa shape index (κ1) is 11.7. The van der Waals surface area contributed by atoms with E-state index in [1.165, 1.54) is 0 Å². The first-order valence-corrected chi connectivity index (χ1v) is 6.02. The zero-order chi connectivity index (χ0) is 12.9. The normalized spacial score (nSPS) is 38.8. The molecule has 1 aliphatic carbocycles. The molecule has 0 saturated carbocycles. The third-order valence-corrected chi connectivity index (χ3v) is 4.13. The van der Waals surface area contributed by atoms with Crippen LogP contribution < -0.4 is 0 Å². The Bertz CT molecular complexity index is 430. The number of hydrogen-bond donors (Lipinski definition) is 0. The number of amides is 1. The van der Waals surface area contributed by atoms with Crippen molar-refractivity contribution in [2.75, 3.05) is 13.1 Å². The highest BCUT2D eigenvalue weighted by Gasteiger charge is 2.57. The fourth-order valence-corrected chi connectivity index (χ4v) is 3.30. The SMILES string of the molecule is O=C1C2C(C=CCC2C(F)(F)F)C2CN=CCN12. The molecule has 4 unspecified atom stereocenters. The van der Waals surface area contributed by atoms with Gasteiger partial charge in [-0.2, -0.15) is 13.2 Å². The van der Waals surface area contributed by atoms with E-state index in [9.17, 15) is 18.0 Å². The number of halogens is 3. The van der Waals surface area contributed by atoms with E-state index in [1.54, 1.807) is 23.3 Å². The molecule has 1 fully saturated rings. The van der Waals surface area contributed by atoms with E-state index in [1.807, 2.05) is 0 Å². The Balaban J connectivity index is 1.96. The summed E-state index contributed by atoms with van der Waals surface area (Å²) < 4.78 is 39.0. The maximum atomic E-state index is 13.0. The van der Waals surface area contributed by atoms with Crippen molar-refractivity contribution < 1.29 is 18.0 Å². The molecule has 6 heteroatoms. The van der Waals surface area contributed by atoms with E-state index in [0.717, 1.165) is 0 Å². The molecule has 98 valence electrons. The number of fused-ring (bicyclic) bond motifs is 3.